The van der Waals surface area contributed by atoms with E-state index in [-0.39, 0.29) is 5.92 Å². The standard InChI is InChI=1S/C15H11NO2/c1-3-14(2)8-15(9-16)12(14)10-6-4-5-7-11(10)18-13(15)17/h1,4-7,12H,8H2,2H3/t12-,14-,15-/m1/s1. The van der Waals surface area contributed by atoms with Gasteiger partial charge < -0.3 is 4.74 Å². The van der Waals surface area contributed by atoms with Gasteiger partial charge in [0.05, 0.1) is 6.07 Å². The Balaban J connectivity index is 2.24. The molecule has 0 N–H and O–H groups in total. The molecule has 3 atom stereocenters. The van der Waals surface area contributed by atoms with Crippen LogP contribution in [0.1, 0.15) is 24.8 Å². The van der Waals surface area contributed by atoms with Crippen LogP contribution in [-0.2, 0) is 4.79 Å². The van der Waals surface area contributed by atoms with E-state index in [1.54, 1.807) is 12.1 Å². The third-order valence-electron chi connectivity index (χ3n) is 4.10. The van der Waals surface area contributed by atoms with Crippen molar-refractivity contribution in [1.29, 1.82) is 5.26 Å². The van der Waals surface area contributed by atoms with Crippen molar-refractivity contribution in [2.75, 3.05) is 0 Å². The summed E-state index contributed by atoms with van der Waals surface area (Å²) in [5.74, 6) is 2.53. The molecule has 0 spiro atoms. The van der Waals surface area contributed by atoms with Gasteiger partial charge in [0.1, 0.15) is 5.75 Å². The van der Waals surface area contributed by atoms with Crippen molar-refractivity contribution in [3.8, 4) is 24.2 Å². The Labute approximate surface area is 105 Å². The van der Waals surface area contributed by atoms with Crippen molar-refractivity contribution in [3.63, 3.8) is 0 Å². The van der Waals surface area contributed by atoms with Crippen LogP contribution in [0.4, 0.5) is 0 Å². The summed E-state index contributed by atoms with van der Waals surface area (Å²) in [6, 6.07) is 9.42. The molecule has 88 valence electrons. The van der Waals surface area contributed by atoms with E-state index in [0.29, 0.717) is 12.2 Å². The van der Waals surface area contributed by atoms with Crippen LogP contribution in [0.2, 0.25) is 0 Å². The number of terminal acetylenes is 1. The lowest BCUT2D eigenvalue weighted by Gasteiger charge is -2.56. The quantitative estimate of drug-likeness (QED) is 0.395. The third-order valence-corrected chi connectivity index (χ3v) is 4.10. The minimum Gasteiger partial charge on any atom is -0.425 e. The molecular weight excluding hydrogens is 226 g/mol. The topological polar surface area (TPSA) is 50.1 Å². The zero-order valence-corrected chi connectivity index (χ0v) is 9.93. The van der Waals surface area contributed by atoms with E-state index in [0.717, 1.165) is 5.56 Å². The van der Waals surface area contributed by atoms with Gasteiger partial charge in [-0.25, -0.2) is 4.79 Å². The molecule has 0 unspecified atom stereocenters. The number of ether oxygens (including phenoxy) is 1. The Bertz CT molecular complexity index is 637. The van der Waals surface area contributed by atoms with E-state index in [1.807, 2.05) is 19.1 Å². The zero-order valence-electron chi connectivity index (χ0n) is 9.93. The van der Waals surface area contributed by atoms with Crippen LogP contribution < -0.4 is 4.74 Å². The van der Waals surface area contributed by atoms with Crippen molar-refractivity contribution in [3.05, 3.63) is 29.8 Å². The molecule has 18 heavy (non-hydrogen) atoms. The number of rotatable bonds is 0. The Morgan fingerprint density at radius 3 is 2.89 bits per heavy atom. The van der Waals surface area contributed by atoms with Gasteiger partial charge in [0.2, 0.25) is 0 Å². The van der Waals surface area contributed by atoms with Crippen LogP contribution in [-0.4, -0.2) is 5.97 Å². The lowest BCUT2D eigenvalue weighted by atomic mass is 9.44. The van der Waals surface area contributed by atoms with Crippen molar-refractivity contribution >= 4 is 5.97 Å². The molecule has 1 saturated carbocycles. The lowest BCUT2D eigenvalue weighted by Crippen LogP contribution is -2.59. The monoisotopic (exact) mass is 237 g/mol. The first-order valence-electron chi connectivity index (χ1n) is 5.78. The molecular formula is C15H11NO2. The van der Waals surface area contributed by atoms with Crippen molar-refractivity contribution < 1.29 is 9.53 Å². The van der Waals surface area contributed by atoms with Gasteiger partial charge in [-0.05, 0) is 19.4 Å². The second-order valence-corrected chi connectivity index (χ2v) is 5.18. The highest BCUT2D eigenvalue weighted by molar-refractivity contribution is 5.88. The molecule has 0 aromatic heterocycles. The molecule has 1 aliphatic carbocycles. The van der Waals surface area contributed by atoms with Crippen molar-refractivity contribution in [1.82, 2.24) is 0 Å². The Hall–Kier alpha value is -2.26. The highest BCUT2D eigenvalue weighted by Crippen LogP contribution is 2.67. The van der Waals surface area contributed by atoms with E-state index in [2.05, 4.69) is 12.0 Å². The SMILES string of the molecule is C#C[C@]1(C)C[C@]2(C#N)C(=O)Oc3ccccc3[C@H]12. The van der Waals surface area contributed by atoms with E-state index in [9.17, 15) is 10.1 Å². The molecule has 3 heteroatoms. The highest BCUT2D eigenvalue weighted by Gasteiger charge is 2.69. The molecule has 3 rings (SSSR count). The molecule has 3 nitrogen and oxygen atoms in total. The van der Waals surface area contributed by atoms with Crippen LogP contribution in [0.25, 0.3) is 0 Å². The number of fused-ring (bicyclic) bond motifs is 3. The molecule has 1 aromatic carbocycles. The maximum atomic E-state index is 12.1. The minimum absolute atomic E-state index is 0.266. The second kappa shape index (κ2) is 3.15. The average molecular weight is 237 g/mol. The fraction of sp³-hybridized carbons (Fsp3) is 0.333. The summed E-state index contributed by atoms with van der Waals surface area (Å²) in [7, 11) is 0. The van der Waals surface area contributed by atoms with Crippen LogP contribution in [0, 0.1) is 34.5 Å². The summed E-state index contributed by atoms with van der Waals surface area (Å²) >= 11 is 0. The average Bonchev–Trinajstić information content (AvgIpc) is 2.37. The molecule has 1 heterocycles. The van der Waals surface area contributed by atoms with Crippen molar-refractivity contribution in [2.24, 2.45) is 10.8 Å². The number of para-hydroxylation sites is 1. The van der Waals surface area contributed by atoms with Gasteiger partial charge in [0, 0.05) is 16.9 Å². The molecule has 0 radical (unpaired) electrons. The number of nitriles is 1. The van der Waals surface area contributed by atoms with E-state index >= 15 is 0 Å². The number of benzene rings is 1. The van der Waals surface area contributed by atoms with Gasteiger partial charge >= 0.3 is 5.97 Å². The summed E-state index contributed by atoms with van der Waals surface area (Å²) in [4.78, 5) is 12.1. The number of carbonyl (C=O) groups excluding carboxylic acids is 1. The van der Waals surface area contributed by atoms with Gasteiger partial charge in [-0.1, -0.05) is 24.1 Å². The Kier molecular flexibility index (Phi) is 1.90. The second-order valence-electron chi connectivity index (χ2n) is 5.18. The van der Waals surface area contributed by atoms with E-state index < -0.39 is 16.8 Å². The number of nitrogens with zero attached hydrogens (tertiary/aromatic N) is 1. The minimum atomic E-state index is -1.10. The van der Waals surface area contributed by atoms with Crippen molar-refractivity contribution in [2.45, 2.75) is 19.3 Å². The summed E-state index contributed by atoms with van der Waals surface area (Å²) < 4.78 is 5.27. The van der Waals surface area contributed by atoms with Crippen LogP contribution in [0.15, 0.2) is 24.3 Å². The first-order valence-corrected chi connectivity index (χ1v) is 5.78. The summed E-state index contributed by atoms with van der Waals surface area (Å²) in [5.41, 5.74) is -0.689. The van der Waals surface area contributed by atoms with Gasteiger partial charge in [0.25, 0.3) is 0 Å². The fourth-order valence-corrected chi connectivity index (χ4v) is 3.28. The Morgan fingerprint density at radius 1 is 1.50 bits per heavy atom. The Morgan fingerprint density at radius 2 is 2.22 bits per heavy atom. The number of esters is 1. The number of carbonyl (C=O) groups is 1. The van der Waals surface area contributed by atoms with Gasteiger partial charge in [-0.3, -0.25) is 0 Å². The molecule has 1 aliphatic heterocycles. The van der Waals surface area contributed by atoms with Gasteiger partial charge in [-0.2, -0.15) is 5.26 Å². The smallest absolute Gasteiger partial charge is 0.332 e. The maximum absolute atomic E-state index is 12.1. The molecule has 0 saturated heterocycles. The summed E-state index contributed by atoms with van der Waals surface area (Å²) in [6.07, 6.45) is 5.95. The molecule has 1 fully saturated rings. The number of hydrogen-bond acceptors (Lipinski definition) is 3. The third kappa shape index (κ3) is 1.02. The van der Waals surface area contributed by atoms with Crippen LogP contribution >= 0.6 is 0 Å². The molecule has 1 aromatic rings. The van der Waals surface area contributed by atoms with Gasteiger partial charge in [-0.15, -0.1) is 6.42 Å². The molecule has 0 amide bonds. The molecule has 2 aliphatic rings. The van der Waals surface area contributed by atoms with Crippen LogP contribution in [0.3, 0.4) is 0 Å². The first kappa shape index (κ1) is 10.9. The predicted molar refractivity (Wildman–Crippen MR) is 64.4 cm³/mol. The predicted octanol–water partition coefficient (Wildman–Crippen LogP) is 2.24. The zero-order chi connectivity index (χ0) is 13.0. The summed E-state index contributed by atoms with van der Waals surface area (Å²) in [6.45, 7) is 1.92. The van der Waals surface area contributed by atoms with Crippen LogP contribution in [0.5, 0.6) is 5.75 Å². The lowest BCUT2D eigenvalue weighted by molar-refractivity contribution is -0.158. The highest BCUT2D eigenvalue weighted by atomic mass is 16.5. The fourth-order valence-electron chi connectivity index (χ4n) is 3.28. The normalized spacial score (nSPS) is 36.2. The first-order chi connectivity index (χ1) is 8.57. The summed E-state index contributed by atoms with van der Waals surface area (Å²) in [5, 5.41) is 9.38. The van der Waals surface area contributed by atoms with E-state index in [4.69, 9.17) is 11.2 Å². The molecule has 0 bridgehead atoms. The maximum Gasteiger partial charge on any atom is 0.332 e. The van der Waals surface area contributed by atoms with Gasteiger partial charge in [0.15, 0.2) is 5.41 Å². The van der Waals surface area contributed by atoms with E-state index in [1.165, 1.54) is 0 Å². The largest absolute Gasteiger partial charge is 0.425 e. The number of hydrogen-bond donors (Lipinski definition) is 0.